The van der Waals surface area contributed by atoms with Crippen molar-refractivity contribution in [1.82, 2.24) is 0 Å². The van der Waals surface area contributed by atoms with E-state index in [1.807, 2.05) is 24.3 Å². The molecule has 0 saturated heterocycles. The van der Waals surface area contributed by atoms with Gasteiger partial charge >= 0.3 is 0 Å². The maximum absolute atomic E-state index is 6.20. The maximum atomic E-state index is 6.20. The molecule has 1 aliphatic rings. The van der Waals surface area contributed by atoms with Gasteiger partial charge in [0.2, 0.25) is 0 Å². The average molecular weight is 529 g/mol. The van der Waals surface area contributed by atoms with Crippen molar-refractivity contribution >= 4 is 43.9 Å². The highest BCUT2D eigenvalue weighted by molar-refractivity contribution is 6.13. The van der Waals surface area contributed by atoms with Gasteiger partial charge in [0.15, 0.2) is 0 Å². The molecule has 0 fully saturated rings. The fourth-order valence-corrected chi connectivity index (χ4v) is 6.54. The number of ether oxygens (including phenoxy) is 1. The first-order valence-electron chi connectivity index (χ1n) is 14.0. The number of fused-ring (bicyclic) bond motifs is 9. The van der Waals surface area contributed by atoms with Crippen LogP contribution in [0, 0.1) is 0 Å². The summed E-state index contributed by atoms with van der Waals surface area (Å²) in [5.74, 6) is 0. The molecule has 194 valence electrons. The van der Waals surface area contributed by atoms with E-state index in [1.54, 1.807) is 0 Å². The molecule has 0 bridgehead atoms. The van der Waals surface area contributed by atoms with E-state index in [0.717, 1.165) is 43.9 Å². The van der Waals surface area contributed by atoms with Gasteiger partial charge in [-0.1, -0.05) is 84.9 Å². The Bertz CT molecular complexity index is 2140. The number of benzene rings is 6. The molecular weight excluding hydrogens is 504 g/mol. The van der Waals surface area contributed by atoms with Gasteiger partial charge < -0.3 is 13.6 Å². The second-order valence-corrected chi connectivity index (χ2v) is 10.8. The Kier molecular flexibility index (Phi) is 4.80. The summed E-state index contributed by atoms with van der Waals surface area (Å²) >= 11 is 0. The molecule has 0 spiro atoms. The lowest BCUT2D eigenvalue weighted by atomic mass is 9.89. The van der Waals surface area contributed by atoms with Crippen LogP contribution in [0.3, 0.4) is 0 Å². The fourth-order valence-electron chi connectivity index (χ4n) is 6.54. The van der Waals surface area contributed by atoms with Gasteiger partial charge in [0.05, 0.1) is 13.2 Å². The third kappa shape index (κ3) is 3.43. The first kappa shape index (κ1) is 22.7. The summed E-state index contributed by atoms with van der Waals surface area (Å²) < 4.78 is 18.5. The Hall–Kier alpha value is -5.12. The first-order valence-corrected chi connectivity index (χ1v) is 14.0. The Morgan fingerprint density at radius 2 is 0.854 bits per heavy atom. The molecule has 2 aromatic heterocycles. The lowest BCUT2D eigenvalue weighted by Crippen LogP contribution is -1.91. The Labute approximate surface area is 236 Å². The molecule has 0 N–H and O–H groups in total. The lowest BCUT2D eigenvalue weighted by molar-refractivity contribution is 0.110. The third-order valence-corrected chi connectivity index (χ3v) is 8.45. The van der Waals surface area contributed by atoms with Crippen molar-refractivity contribution in [3.8, 4) is 33.4 Å². The van der Waals surface area contributed by atoms with Crippen LogP contribution in [0.15, 0.2) is 130 Å². The minimum Gasteiger partial charge on any atom is -0.456 e. The zero-order chi connectivity index (χ0) is 26.9. The van der Waals surface area contributed by atoms with Crippen LogP contribution >= 0.6 is 0 Å². The van der Waals surface area contributed by atoms with Gasteiger partial charge in [-0.3, -0.25) is 0 Å². The molecule has 0 saturated carbocycles. The van der Waals surface area contributed by atoms with Crippen molar-refractivity contribution < 1.29 is 13.6 Å². The molecule has 6 aromatic carbocycles. The molecule has 3 heterocycles. The van der Waals surface area contributed by atoms with Gasteiger partial charge in [-0.05, 0) is 80.9 Å². The Balaban J connectivity index is 1.26. The van der Waals surface area contributed by atoms with Crippen LogP contribution in [-0.4, -0.2) is 0 Å². The van der Waals surface area contributed by atoms with E-state index in [1.165, 1.54) is 44.5 Å². The highest BCUT2D eigenvalue weighted by atomic mass is 16.5. The monoisotopic (exact) mass is 528 g/mol. The molecule has 3 heteroatoms. The van der Waals surface area contributed by atoms with E-state index in [2.05, 4.69) is 97.1 Å². The first-order chi connectivity index (χ1) is 20.3. The second-order valence-electron chi connectivity index (χ2n) is 10.8. The van der Waals surface area contributed by atoms with E-state index >= 15 is 0 Å². The molecule has 8 aromatic rings. The highest BCUT2D eigenvalue weighted by Gasteiger charge is 2.20. The molecule has 3 nitrogen and oxygen atoms in total. The zero-order valence-electron chi connectivity index (χ0n) is 22.2. The minimum atomic E-state index is 0.584. The number of furan rings is 2. The standard InChI is InChI=1S/C38H24O3/c1-3-11-33-29(7-1)37-27(9-5-13-35(37)40-33)23-15-17-25-21-39-22-26-18-16-24(20-32(26)31(25)19-23)28-10-6-14-36-38(28)30-8-2-4-12-34(30)41-36/h1-20H,21-22H2. The molecule has 1 aliphatic heterocycles. The van der Waals surface area contributed by atoms with Crippen LogP contribution in [-0.2, 0) is 18.0 Å². The zero-order valence-corrected chi connectivity index (χ0v) is 22.2. The summed E-state index contributed by atoms with van der Waals surface area (Å²) in [6.07, 6.45) is 0. The fraction of sp³-hybridized carbons (Fsp3) is 0.0526. The second kappa shape index (κ2) is 8.69. The molecular formula is C38H24O3. The van der Waals surface area contributed by atoms with E-state index in [0.29, 0.717) is 13.2 Å². The van der Waals surface area contributed by atoms with Crippen LogP contribution in [0.4, 0.5) is 0 Å². The van der Waals surface area contributed by atoms with Gasteiger partial charge in [-0.25, -0.2) is 0 Å². The number of hydrogen-bond acceptors (Lipinski definition) is 3. The summed E-state index contributed by atoms with van der Waals surface area (Å²) in [7, 11) is 0. The summed E-state index contributed by atoms with van der Waals surface area (Å²) in [5, 5.41) is 4.58. The molecule has 0 aliphatic carbocycles. The molecule has 41 heavy (non-hydrogen) atoms. The minimum absolute atomic E-state index is 0.584. The molecule has 0 unspecified atom stereocenters. The number of hydrogen-bond donors (Lipinski definition) is 0. The van der Waals surface area contributed by atoms with Gasteiger partial charge in [0.25, 0.3) is 0 Å². The predicted octanol–water partition coefficient (Wildman–Crippen LogP) is 10.5. The number of rotatable bonds is 2. The largest absolute Gasteiger partial charge is 0.456 e. The van der Waals surface area contributed by atoms with Crippen molar-refractivity contribution in [3.63, 3.8) is 0 Å². The van der Waals surface area contributed by atoms with Crippen LogP contribution in [0.1, 0.15) is 11.1 Å². The van der Waals surface area contributed by atoms with Crippen molar-refractivity contribution in [2.24, 2.45) is 0 Å². The van der Waals surface area contributed by atoms with Gasteiger partial charge in [0, 0.05) is 21.5 Å². The van der Waals surface area contributed by atoms with Gasteiger partial charge in [-0.2, -0.15) is 0 Å². The van der Waals surface area contributed by atoms with Crippen molar-refractivity contribution in [2.75, 3.05) is 0 Å². The summed E-state index contributed by atoms with van der Waals surface area (Å²) in [5.41, 5.74) is 13.1. The van der Waals surface area contributed by atoms with Crippen LogP contribution in [0.5, 0.6) is 0 Å². The summed E-state index contributed by atoms with van der Waals surface area (Å²) in [6.45, 7) is 1.17. The van der Waals surface area contributed by atoms with E-state index in [9.17, 15) is 0 Å². The van der Waals surface area contributed by atoms with E-state index < -0.39 is 0 Å². The highest BCUT2D eigenvalue weighted by Crippen LogP contribution is 2.42. The summed E-state index contributed by atoms with van der Waals surface area (Å²) in [4.78, 5) is 0. The third-order valence-electron chi connectivity index (χ3n) is 8.45. The summed E-state index contributed by atoms with van der Waals surface area (Å²) in [6, 6.07) is 42.7. The SMILES string of the molecule is c1ccc2c(c1)oc1cccc(-c3ccc4c(c3)-c3cc(-c5cccc6oc7ccccc7c56)ccc3COC4)c12. The van der Waals surface area contributed by atoms with Crippen LogP contribution < -0.4 is 0 Å². The van der Waals surface area contributed by atoms with Crippen molar-refractivity contribution in [3.05, 3.63) is 132 Å². The molecule has 0 radical (unpaired) electrons. The lowest BCUT2D eigenvalue weighted by Gasteiger charge is -2.14. The maximum Gasteiger partial charge on any atom is 0.136 e. The van der Waals surface area contributed by atoms with Crippen LogP contribution in [0.25, 0.3) is 77.3 Å². The topological polar surface area (TPSA) is 35.5 Å². The predicted molar refractivity (Wildman–Crippen MR) is 166 cm³/mol. The van der Waals surface area contributed by atoms with E-state index in [-0.39, 0.29) is 0 Å². The van der Waals surface area contributed by atoms with Crippen molar-refractivity contribution in [2.45, 2.75) is 13.2 Å². The average Bonchev–Trinajstić information content (AvgIpc) is 3.54. The Morgan fingerprint density at radius 1 is 0.390 bits per heavy atom. The number of para-hydroxylation sites is 2. The normalized spacial score (nSPS) is 13.1. The van der Waals surface area contributed by atoms with Gasteiger partial charge in [-0.15, -0.1) is 0 Å². The van der Waals surface area contributed by atoms with Crippen molar-refractivity contribution in [1.29, 1.82) is 0 Å². The Morgan fingerprint density at radius 3 is 1.37 bits per heavy atom. The van der Waals surface area contributed by atoms with Gasteiger partial charge in [0.1, 0.15) is 22.3 Å². The van der Waals surface area contributed by atoms with Crippen LogP contribution in [0.2, 0.25) is 0 Å². The quantitative estimate of drug-likeness (QED) is 0.224. The smallest absolute Gasteiger partial charge is 0.136 e. The molecule has 9 rings (SSSR count). The molecule has 0 atom stereocenters. The molecule has 0 amide bonds. The van der Waals surface area contributed by atoms with E-state index in [4.69, 9.17) is 13.6 Å².